The number of rotatable bonds is 4. The predicted octanol–water partition coefficient (Wildman–Crippen LogP) is 3.37. The molecule has 0 radical (unpaired) electrons. The molecule has 0 aliphatic heterocycles. The molecule has 120 valence electrons. The van der Waals surface area contributed by atoms with Crippen LogP contribution in [-0.4, -0.2) is 27.2 Å². The Labute approximate surface area is 134 Å². The fraction of sp³-hybridized carbons (Fsp3) is 0.353. The lowest BCUT2D eigenvalue weighted by Gasteiger charge is -2.26. The summed E-state index contributed by atoms with van der Waals surface area (Å²) in [4.78, 5) is 15.3. The average Bonchev–Trinajstić information content (AvgIpc) is 2.57. The van der Waals surface area contributed by atoms with E-state index in [1.807, 2.05) is 30.3 Å². The second-order valence-corrected chi connectivity index (χ2v) is 5.84. The van der Waals surface area contributed by atoms with Crippen molar-refractivity contribution < 1.29 is 10.0 Å². The molecular formula is C17H19N3O3. The maximum Gasteiger partial charge on any atom is 0.295 e. The van der Waals surface area contributed by atoms with Gasteiger partial charge in [-0.25, -0.2) is 4.98 Å². The van der Waals surface area contributed by atoms with Gasteiger partial charge in [0.05, 0.1) is 11.0 Å². The van der Waals surface area contributed by atoms with Gasteiger partial charge in [0.2, 0.25) is 0 Å². The normalized spacial score (nSPS) is 20.9. The van der Waals surface area contributed by atoms with Gasteiger partial charge in [0.15, 0.2) is 5.69 Å². The quantitative estimate of drug-likeness (QED) is 0.667. The zero-order chi connectivity index (χ0) is 16.2. The highest BCUT2D eigenvalue weighted by molar-refractivity contribution is 5.71. The summed E-state index contributed by atoms with van der Waals surface area (Å²) < 4.78 is 0. The van der Waals surface area contributed by atoms with Crippen molar-refractivity contribution in [2.45, 2.75) is 37.8 Å². The molecule has 1 aromatic heterocycles. The standard InChI is InChI=1S/C17H19N3O3/c21-14-8-6-13(7-9-14)18-16-11-10-15(20(22)23)17(19-16)12-4-2-1-3-5-12/h1-5,10-11,13-14,21H,6-9H2,(H,18,19). The van der Waals surface area contributed by atoms with Gasteiger partial charge in [0.1, 0.15) is 5.82 Å². The predicted molar refractivity (Wildman–Crippen MR) is 88.2 cm³/mol. The smallest absolute Gasteiger partial charge is 0.295 e. The molecule has 1 aliphatic rings. The Kier molecular flexibility index (Phi) is 4.52. The molecule has 1 saturated carbocycles. The van der Waals surface area contributed by atoms with E-state index in [-0.39, 0.29) is 17.8 Å². The first-order valence-corrected chi connectivity index (χ1v) is 7.79. The maximum atomic E-state index is 11.2. The van der Waals surface area contributed by atoms with Crippen LogP contribution in [0.1, 0.15) is 25.7 Å². The molecule has 0 saturated heterocycles. The number of nitro groups is 1. The van der Waals surface area contributed by atoms with Crippen LogP contribution >= 0.6 is 0 Å². The van der Waals surface area contributed by atoms with Gasteiger partial charge >= 0.3 is 0 Å². The van der Waals surface area contributed by atoms with E-state index in [1.165, 1.54) is 6.07 Å². The summed E-state index contributed by atoms with van der Waals surface area (Å²) in [5.41, 5.74) is 1.10. The fourth-order valence-corrected chi connectivity index (χ4v) is 2.92. The Balaban J connectivity index is 1.87. The minimum Gasteiger partial charge on any atom is -0.393 e. The summed E-state index contributed by atoms with van der Waals surface area (Å²) in [7, 11) is 0. The summed E-state index contributed by atoms with van der Waals surface area (Å²) in [5, 5.41) is 24.1. The molecule has 1 aliphatic carbocycles. The average molecular weight is 313 g/mol. The van der Waals surface area contributed by atoms with E-state index in [9.17, 15) is 15.2 Å². The summed E-state index contributed by atoms with van der Waals surface area (Å²) in [6.45, 7) is 0. The van der Waals surface area contributed by atoms with E-state index in [1.54, 1.807) is 6.07 Å². The van der Waals surface area contributed by atoms with Gasteiger partial charge in [-0.1, -0.05) is 30.3 Å². The number of hydrogen-bond donors (Lipinski definition) is 2. The lowest BCUT2D eigenvalue weighted by Crippen LogP contribution is -2.28. The fourth-order valence-electron chi connectivity index (χ4n) is 2.92. The van der Waals surface area contributed by atoms with Crippen molar-refractivity contribution in [2.75, 3.05) is 5.32 Å². The molecule has 1 heterocycles. The zero-order valence-corrected chi connectivity index (χ0v) is 12.7. The third-order valence-corrected chi connectivity index (χ3v) is 4.17. The van der Waals surface area contributed by atoms with Crippen LogP contribution < -0.4 is 5.32 Å². The van der Waals surface area contributed by atoms with Crippen molar-refractivity contribution in [3.63, 3.8) is 0 Å². The van der Waals surface area contributed by atoms with Gasteiger partial charge in [-0.15, -0.1) is 0 Å². The van der Waals surface area contributed by atoms with E-state index in [4.69, 9.17) is 0 Å². The highest BCUT2D eigenvalue weighted by Gasteiger charge is 2.21. The monoisotopic (exact) mass is 313 g/mol. The van der Waals surface area contributed by atoms with Gasteiger partial charge in [-0.05, 0) is 31.7 Å². The molecule has 2 aromatic rings. The number of nitrogens with zero attached hydrogens (tertiary/aromatic N) is 2. The number of aromatic nitrogens is 1. The number of hydrogen-bond acceptors (Lipinski definition) is 5. The molecule has 1 aromatic carbocycles. The number of nitrogens with one attached hydrogen (secondary N) is 1. The lowest BCUT2D eigenvalue weighted by molar-refractivity contribution is -0.384. The van der Waals surface area contributed by atoms with Crippen LogP contribution in [0.2, 0.25) is 0 Å². The largest absolute Gasteiger partial charge is 0.393 e. The van der Waals surface area contributed by atoms with Crippen molar-refractivity contribution >= 4 is 11.5 Å². The molecule has 0 spiro atoms. The Bertz CT molecular complexity index is 683. The summed E-state index contributed by atoms with van der Waals surface area (Å²) in [6.07, 6.45) is 3.09. The number of anilines is 1. The topological polar surface area (TPSA) is 88.3 Å². The second-order valence-electron chi connectivity index (χ2n) is 5.84. The van der Waals surface area contributed by atoms with Crippen LogP contribution in [0.25, 0.3) is 11.3 Å². The van der Waals surface area contributed by atoms with E-state index in [0.717, 1.165) is 31.2 Å². The Morgan fingerprint density at radius 3 is 2.43 bits per heavy atom. The molecular weight excluding hydrogens is 294 g/mol. The Morgan fingerprint density at radius 2 is 1.78 bits per heavy atom. The minimum absolute atomic E-state index is 0.000756. The van der Waals surface area contributed by atoms with Crippen LogP contribution in [0.5, 0.6) is 0 Å². The van der Waals surface area contributed by atoms with Gasteiger partial charge in [-0.2, -0.15) is 0 Å². The number of aliphatic hydroxyl groups excluding tert-OH is 1. The second kappa shape index (κ2) is 6.75. The summed E-state index contributed by atoms with van der Waals surface area (Å²) in [5.74, 6) is 0.635. The van der Waals surface area contributed by atoms with Gasteiger partial charge < -0.3 is 10.4 Å². The molecule has 6 nitrogen and oxygen atoms in total. The molecule has 1 fully saturated rings. The highest BCUT2D eigenvalue weighted by Crippen LogP contribution is 2.30. The van der Waals surface area contributed by atoms with E-state index >= 15 is 0 Å². The van der Waals surface area contributed by atoms with Gasteiger partial charge in [0, 0.05) is 17.7 Å². The van der Waals surface area contributed by atoms with E-state index in [0.29, 0.717) is 11.5 Å². The molecule has 0 unspecified atom stereocenters. The minimum atomic E-state index is -0.407. The molecule has 0 atom stereocenters. The molecule has 0 bridgehead atoms. The third-order valence-electron chi connectivity index (χ3n) is 4.17. The van der Waals surface area contributed by atoms with Crippen molar-refractivity contribution in [2.24, 2.45) is 0 Å². The van der Waals surface area contributed by atoms with Crippen molar-refractivity contribution in [1.29, 1.82) is 0 Å². The molecule has 0 amide bonds. The first kappa shape index (κ1) is 15.4. The summed E-state index contributed by atoms with van der Waals surface area (Å²) >= 11 is 0. The Morgan fingerprint density at radius 1 is 1.09 bits per heavy atom. The lowest BCUT2D eigenvalue weighted by atomic mass is 9.93. The summed E-state index contributed by atoms with van der Waals surface area (Å²) in [6, 6.07) is 12.6. The van der Waals surface area contributed by atoms with E-state index in [2.05, 4.69) is 10.3 Å². The van der Waals surface area contributed by atoms with Crippen molar-refractivity contribution in [1.82, 2.24) is 4.98 Å². The molecule has 2 N–H and O–H groups in total. The van der Waals surface area contributed by atoms with Crippen LogP contribution in [-0.2, 0) is 0 Å². The third kappa shape index (κ3) is 3.65. The van der Waals surface area contributed by atoms with Crippen molar-refractivity contribution in [3.05, 3.63) is 52.6 Å². The molecule has 6 heteroatoms. The van der Waals surface area contributed by atoms with E-state index < -0.39 is 4.92 Å². The number of aliphatic hydroxyl groups is 1. The van der Waals surface area contributed by atoms with Crippen molar-refractivity contribution in [3.8, 4) is 11.3 Å². The van der Waals surface area contributed by atoms with Gasteiger partial charge in [-0.3, -0.25) is 10.1 Å². The van der Waals surface area contributed by atoms with Gasteiger partial charge in [0.25, 0.3) is 5.69 Å². The van der Waals surface area contributed by atoms with Crippen LogP contribution in [0.3, 0.4) is 0 Å². The van der Waals surface area contributed by atoms with Crippen LogP contribution in [0.15, 0.2) is 42.5 Å². The maximum absolute atomic E-state index is 11.2. The number of pyridine rings is 1. The molecule has 23 heavy (non-hydrogen) atoms. The first-order valence-electron chi connectivity index (χ1n) is 7.79. The first-order chi connectivity index (χ1) is 11.1. The highest BCUT2D eigenvalue weighted by atomic mass is 16.6. The van der Waals surface area contributed by atoms with Crippen LogP contribution in [0, 0.1) is 10.1 Å². The molecule has 3 rings (SSSR count). The Hall–Kier alpha value is -2.47. The number of benzene rings is 1. The zero-order valence-electron chi connectivity index (χ0n) is 12.7. The van der Waals surface area contributed by atoms with Crippen LogP contribution in [0.4, 0.5) is 11.5 Å². The SMILES string of the molecule is O=[N+]([O-])c1ccc(NC2CCC(O)CC2)nc1-c1ccccc1.